The van der Waals surface area contributed by atoms with E-state index in [9.17, 15) is 14.4 Å². The highest BCUT2D eigenvalue weighted by atomic mass is 32.1. The number of thiol groups is 1. The Morgan fingerprint density at radius 3 is 2.11 bits per heavy atom. The third kappa shape index (κ3) is 13.0. The summed E-state index contributed by atoms with van der Waals surface area (Å²) in [6, 6.07) is -0.674. The fraction of sp³-hybridized carbons (Fsp3) is 0.750. The van der Waals surface area contributed by atoms with Gasteiger partial charge in [-0.1, -0.05) is 13.8 Å². The van der Waals surface area contributed by atoms with E-state index in [1.165, 1.54) is 0 Å². The van der Waals surface area contributed by atoms with Gasteiger partial charge in [0.2, 0.25) is 11.8 Å². The van der Waals surface area contributed by atoms with Crippen molar-refractivity contribution in [2.24, 2.45) is 11.7 Å². The molecular formula is C12H24N2O4S. The minimum atomic E-state index is -0.938. The van der Waals surface area contributed by atoms with Crippen LogP contribution in [0.2, 0.25) is 0 Å². The van der Waals surface area contributed by atoms with Crippen molar-refractivity contribution in [3.05, 3.63) is 0 Å². The number of carbonyl (C=O) groups excluding carboxylic acids is 2. The first-order chi connectivity index (χ1) is 8.82. The van der Waals surface area contributed by atoms with Gasteiger partial charge in [0.25, 0.3) is 0 Å². The first kappa shape index (κ1) is 20.1. The Morgan fingerprint density at radius 1 is 1.21 bits per heavy atom. The van der Waals surface area contributed by atoms with Crippen molar-refractivity contribution < 1.29 is 19.5 Å². The molecule has 0 saturated carbocycles. The molecule has 112 valence electrons. The molecule has 0 heterocycles. The number of primary amides is 1. The van der Waals surface area contributed by atoms with Gasteiger partial charge in [0, 0.05) is 12.8 Å². The van der Waals surface area contributed by atoms with Crippen molar-refractivity contribution in [1.29, 1.82) is 0 Å². The molecule has 0 radical (unpaired) electrons. The van der Waals surface area contributed by atoms with Crippen molar-refractivity contribution in [2.75, 3.05) is 6.26 Å². The molecule has 0 aromatic heterocycles. The Morgan fingerprint density at radius 2 is 1.74 bits per heavy atom. The van der Waals surface area contributed by atoms with E-state index < -0.39 is 17.9 Å². The van der Waals surface area contributed by atoms with Gasteiger partial charge >= 0.3 is 5.97 Å². The number of nitrogens with two attached hydrogens (primary N) is 1. The van der Waals surface area contributed by atoms with Crippen LogP contribution in [-0.2, 0) is 14.4 Å². The largest absolute Gasteiger partial charge is 0.481 e. The highest BCUT2D eigenvalue weighted by molar-refractivity contribution is 7.79. The summed E-state index contributed by atoms with van der Waals surface area (Å²) in [4.78, 5) is 32.7. The average Bonchev–Trinajstić information content (AvgIpc) is 2.29. The SMILES string of the molecule is CC(C)C[C@H](NC(=O)CCCC(=O)O)C(N)=O.CS. The molecule has 0 bridgehead atoms. The number of carbonyl (C=O) groups is 3. The van der Waals surface area contributed by atoms with Crippen LogP contribution in [0.25, 0.3) is 0 Å². The van der Waals surface area contributed by atoms with Crippen molar-refractivity contribution in [2.45, 2.75) is 45.6 Å². The van der Waals surface area contributed by atoms with Gasteiger partial charge in [-0.15, -0.1) is 0 Å². The van der Waals surface area contributed by atoms with Crippen LogP contribution in [0.4, 0.5) is 0 Å². The smallest absolute Gasteiger partial charge is 0.303 e. The number of amides is 2. The number of nitrogens with one attached hydrogen (secondary N) is 1. The van der Waals surface area contributed by atoms with Gasteiger partial charge in [-0.25, -0.2) is 0 Å². The van der Waals surface area contributed by atoms with Crippen molar-refractivity contribution in [1.82, 2.24) is 5.32 Å². The molecule has 6 nitrogen and oxygen atoms in total. The van der Waals surface area contributed by atoms with Crippen molar-refractivity contribution in [3.63, 3.8) is 0 Å². The van der Waals surface area contributed by atoms with Crippen molar-refractivity contribution in [3.8, 4) is 0 Å². The second-order valence-electron chi connectivity index (χ2n) is 4.40. The molecule has 0 aliphatic heterocycles. The van der Waals surface area contributed by atoms with Crippen LogP contribution in [0.1, 0.15) is 39.5 Å². The molecule has 2 amide bonds. The molecule has 0 saturated heterocycles. The first-order valence-electron chi connectivity index (χ1n) is 6.08. The number of carboxylic acids is 1. The highest BCUT2D eigenvalue weighted by Crippen LogP contribution is 2.05. The molecule has 4 N–H and O–H groups in total. The van der Waals surface area contributed by atoms with Crippen molar-refractivity contribution >= 4 is 30.4 Å². The van der Waals surface area contributed by atoms with E-state index in [0.29, 0.717) is 6.42 Å². The fourth-order valence-electron chi connectivity index (χ4n) is 1.38. The lowest BCUT2D eigenvalue weighted by molar-refractivity contribution is -0.137. The number of hydrogen-bond donors (Lipinski definition) is 4. The van der Waals surface area contributed by atoms with E-state index in [-0.39, 0.29) is 31.1 Å². The van der Waals surface area contributed by atoms with E-state index in [1.54, 1.807) is 6.26 Å². The van der Waals surface area contributed by atoms with E-state index in [1.807, 2.05) is 13.8 Å². The zero-order chi connectivity index (χ0) is 15.4. The van der Waals surface area contributed by atoms with Gasteiger partial charge in [-0.2, -0.15) is 12.6 Å². The van der Waals surface area contributed by atoms with Crippen LogP contribution >= 0.6 is 12.6 Å². The van der Waals surface area contributed by atoms with Gasteiger partial charge in [-0.3, -0.25) is 14.4 Å². The zero-order valence-electron chi connectivity index (χ0n) is 11.7. The van der Waals surface area contributed by atoms with Gasteiger partial charge in [0.1, 0.15) is 6.04 Å². The standard InChI is InChI=1S/C11H20N2O4.CH4S/c1-7(2)6-8(11(12)17)13-9(14)4-3-5-10(15)16;1-2/h7-8H,3-6H2,1-2H3,(H2,12,17)(H,13,14)(H,15,16);2H,1H3/t8-;/m0./s1. The minimum absolute atomic E-state index is 0.0567. The Hall–Kier alpha value is -1.24. The lowest BCUT2D eigenvalue weighted by Gasteiger charge is -2.17. The van der Waals surface area contributed by atoms with Crippen LogP contribution in [-0.4, -0.2) is 35.2 Å². The molecule has 1 atom stereocenters. The fourth-order valence-corrected chi connectivity index (χ4v) is 1.38. The Balaban J connectivity index is 0. The topological polar surface area (TPSA) is 109 Å². The molecule has 0 aliphatic carbocycles. The van der Waals surface area contributed by atoms with Crippen LogP contribution in [0.3, 0.4) is 0 Å². The second-order valence-corrected chi connectivity index (χ2v) is 4.40. The summed E-state index contributed by atoms with van der Waals surface area (Å²) < 4.78 is 0. The number of rotatable bonds is 8. The minimum Gasteiger partial charge on any atom is -0.481 e. The average molecular weight is 292 g/mol. The molecule has 7 heteroatoms. The normalized spacial score (nSPS) is 11.2. The maximum Gasteiger partial charge on any atom is 0.303 e. The molecule has 0 aromatic rings. The van der Waals surface area contributed by atoms with Gasteiger partial charge < -0.3 is 16.2 Å². The van der Waals surface area contributed by atoms with Gasteiger partial charge in [0.15, 0.2) is 0 Å². The number of hydrogen-bond acceptors (Lipinski definition) is 4. The summed E-state index contributed by atoms with van der Waals surface area (Å²) in [5.41, 5.74) is 5.16. The lowest BCUT2D eigenvalue weighted by atomic mass is 10.0. The third-order valence-electron chi connectivity index (χ3n) is 2.18. The second kappa shape index (κ2) is 11.8. The molecule has 0 spiro atoms. The Kier molecular flexibility index (Phi) is 12.5. The maximum atomic E-state index is 11.4. The predicted molar refractivity (Wildman–Crippen MR) is 77.0 cm³/mol. The summed E-state index contributed by atoms with van der Waals surface area (Å²) in [6.07, 6.45) is 2.47. The summed E-state index contributed by atoms with van der Waals surface area (Å²) in [6.45, 7) is 3.85. The predicted octanol–water partition coefficient (Wildman–Crippen LogP) is 0.803. The van der Waals surface area contributed by atoms with E-state index >= 15 is 0 Å². The lowest BCUT2D eigenvalue weighted by Crippen LogP contribution is -2.45. The molecule has 0 rings (SSSR count). The van der Waals surface area contributed by atoms with E-state index in [4.69, 9.17) is 10.8 Å². The molecule has 19 heavy (non-hydrogen) atoms. The molecule has 0 fully saturated rings. The molecule has 0 aliphatic rings. The van der Waals surface area contributed by atoms with Crippen LogP contribution < -0.4 is 11.1 Å². The van der Waals surface area contributed by atoms with Crippen LogP contribution in [0.5, 0.6) is 0 Å². The monoisotopic (exact) mass is 292 g/mol. The summed E-state index contributed by atoms with van der Waals surface area (Å²) in [7, 11) is 0. The maximum absolute atomic E-state index is 11.4. The summed E-state index contributed by atoms with van der Waals surface area (Å²) in [5, 5.41) is 10.9. The Bertz CT molecular complexity index is 295. The van der Waals surface area contributed by atoms with Crippen LogP contribution in [0.15, 0.2) is 0 Å². The summed E-state index contributed by atoms with van der Waals surface area (Å²) in [5.74, 6) is -1.60. The van der Waals surface area contributed by atoms with Gasteiger partial charge in [0.05, 0.1) is 0 Å². The third-order valence-corrected chi connectivity index (χ3v) is 2.18. The zero-order valence-corrected chi connectivity index (χ0v) is 12.6. The first-order valence-corrected chi connectivity index (χ1v) is 6.97. The molecular weight excluding hydrogens is 268 g/mol. The molecule has 0 aromatic carbocycles. The van der Waals surface area contributed by atoms with E-state index in [0.717, 1.165) is 0 Å². The van der Waals surface area contributed by atoms with E-state index in [2.05, 4.69) is 17.9 Å². The quantitative estimate of drug-likeness (QED) is 0.496. The van der Waals surface area contributed by atoms with Crippen LogP contribution in [0, 0.1) is 5.92 Å². The highest BCUT2D eigenvalue weighted by Gasteiger charge is 2.18. The number of aliphatic carboxylic acids is 1. The van der Waals surface area contributed by atoms with Gasteiger partial charge in [-0.05, 0) is 25.0 Å². The summed E-state index contributed by atoms with van der Waals surface area (Å²) >= 11 is 3.53. The Labute approximate surface area is 119 Å². The molecule has 0 unspecified atom stereocenters. The number of carboxylic acid groups (broad SMARTS) is 1.